The molecule has 0 aliphatic heterocycles. The molecule has 0 atom stereocenters. The fourth-order valence-corrected chi connectivity index (χ4v) is 0.611. The largest absolute Gasteiger partial charge is 0.480 e. The highest BCUT2D eigenvalue weighted by Gasteiger charge is 2.00. The monoisotopic (exact) mass is 189 g/mol. The molecule has 0 aliphatic rings. The van der Waals surface area contributed by atoms with E-state index in [4.69, 9.17) is 5.11 Å². The van der Waals surface area contributed by atoms with Crippen molar-refractivity contribution in [3.63, 3.8) is 0 Å². The SMILES string of the molecule is CN(C)C(=O)NCCNCC(=O)O. The quantitative estimate of drug-likeness (QED) is 0.481. The van der Waals surface area contributed by atoms with Crippen LogP contribution >= 0.6 is 0 Å². The number of carboxylic acid groups (broad SMARTS) is 1. The van der Waals surface area contributed by atoms with Gasteiger partial charge < -0.3 is 20.6 Å². The average Bonchev–Trinajstić information content (AvgIpc) is 2.02. The van der Waals surface area contributed by atoms with E-state index in [1.54, 1.807) is 14.1 Å². The predicted octanol–water partition coefficient (Wildman–Crippen LogP) is -1.07. The van der Waals surface area contributed by atoms with Crippen LogP contribution in [0, 0.1) is 0 Å². The van der Waals surface area contributed by atoms with Gasteiger partial charge in [-0.15, -0.1) is 0 Å². The number of carboxylic acids is 1. The maximum absolute atomic E-state index is 10.9. The van der Waals surface area contributed by atoms with Crippen LogP contribution < -0.4 is 10.6 Å². The van der Waals surface area contributed by atoms with E-state index >= 15 is 0 Å². The first-order valence-corrected chi connectivity index (χ1v) is 3.91. The first kappa shape index (κ1) is 11.7. The fraction of sp³-hybridized carbons (Fsp3) is 0.714. The lowest BCUT2D eigenvalue weighted by Gasteiger charge is -2.11. The van der Waals surface area contributed by atoms with Crippen molar-refractivity contribution in [1.29, 1.82) is 0 Å². The van der Waals surface area contributed by atoms with Crippen LogP contribution in [0.4, 0.5) is 4.79 Å². The molecule has 2 amide bonds. The van der Waals surface area contributed by atoms with E-state index in [1.807, 2.05) is 0 Å². The van der Waals surface area contributed by atoms with Gasteiger partial charge in [0.1, 0.15) is 0 Å². The van der Waals surface area contributed by atoms with Crippen LogP contribution in [0.1, 0.15) is 0 Å². The molecule has 0 rings (SSSR count). The summed E-state index contributed by atoms with van der Waals surface area (Å²) in [6.07, 6.45) is 0. The molecule has 0 fully saturated rings. The number of nitrogens with zero attached hydrogens (tertiary/aromatic N) is 1. The number of carbonyl (C=O) groups is 2. The molecule has 0 aromatic heterocycles. The number of amides is 2. The van der Waals surface area contributed by atoms with Gasteiger partial charge >= 0.3 is 12.0 Å². The van der Waals surface area contributed by atoms with Gasteiger partial charge in [0.25, 0.3) is 0 Å². The van der Waals surface area contributed by atoms with Gasteiger partial charge in [0.2, 0.25) is 0 Å². The maximum atomic E-state index is 10.9. The molecule has 0 aromatic carbocycles. The highest BCUT2D eigenvalue weighted by atomic mass is 16.4. The highest BCUT2D eigenvalue weighted by molar-refractivity contribution is 5.73. The minimum Gasteiger partial charge on any atom is -0.480 e. The number of carbonyl (C=O) groups excluding carboxylic acids is 1. The molecule has 0 aliphatic carbocycles. The molecule has 76 valence electrons. The second-order valence-corrected chi connectivity index (χ2v) is 2.70. The molecule has 13 heavy (non-hydrogen) atoms. The molecule has 3 N–H and O–H groups in total. The van der Waals surface area contributed by atoms with Crippen molar-refractivity contribution >= 4 is 12.0 Å². The second kappa shape index (κ2) is 6.24. The summed E-state index contributed by atoms with van der Waals surface area (Å²) >= 11 is 0. The number of urea groups is 1. The van der Waals surface area contributed by atoms with Crippen LogP contribution in [0.5, 0.6) is 0 Å². The summed E-state index contributed by atoms with van der Waals surface area (Å²) in [7, 11) is 3.28. The van der Waals surface area contributed by atoms with Crippen LogP contribution in [0.2, 0.25) is 0 Å². The molecular weight excluding hydrogens is 174 g/mol. The van der Waals surface area contributed by atoms with Crippen molar-refractivity contribution in [3.05, 3.63) is 0 Å². The zero-order chi connectivity index (χ0) is 10.3. The van der Waals surface area contributed by atoms with Crippen molar-refractivity contribution in [1.82, 2.24) is 15.5 Å². The standard InChI is InChI=1S/C7H15N3O3/c1-10(2)7(13)9-4-3-8-5-6(11)12/h8H,3-5H2,1-2H3,(H,9,13)(H,11,12). The summed E-state index contributed by atoms with van der Waals surface area (Å²) < 4.78 is 0. The summed E-state index contributed by atoms with van der Waals surface area (Å²) in [6, 6.07) is -0.183. The average molecular weight is 189 g/mol. The number of aliphatic carboxylic acids is 1. The molecule has 0 spiro atoms. The van der Waals surface area contributed by atoms with Crippen molar-refractivity contribution in [2.24, 2.45) is 0 Å². The van der Waals surface area contributed by atoms with Gasteiger partial charge in [0.05, 0.1) is 6.54 Å². The third kappa shape index (κ3) is 7.07. The van der Waals surface area contributed by atoms with E-state index < -0.39 is 5.97 Å². The number of hydrogen-bond acceptors (Lipinski definition) is 3. The molecule has 0 saturated carbocycles. The Morgan fingerprint density at radius 1 is 1.31 bits per heavy atom. The van der Waals surface area contributed by atoms with Crippen molar-refractivity contribution in [2.75, 3.05) is 33.7 Å². The number of rotatable bonds is 5. The van der Waals surface area contributed by atoms with Gasteiger partial charge in [-0.2, -0.15) is 0 Å². The Morgan fingerprint density at radius 3 is 2.38 bits per heavy atom. The second-order valence-electron chi connectivity index (χ2n) is 2.70. The smallest absolute Gasteiger partial charge is 0.317 e. The molecule has 0 bridgehead atoms. The Labute approximate surface area is 76.9 Å². The lowest BCUT2D eigenvalue weighted by molar-refractivity contribution is -0.135. The zero-order valence-electron chi connectivity index (χ0n) is 7.83. The Morgan fingerprint density at radius 2 is 1.92 bits per heavy atom. The molecule has 6 nitrogen and oxygen atoms in total. The molecule has 0 unspecified atom stereocenters. The summed E-state index contributed by atoms with van der Waals surface area (Å²) in [6.45, 7) is 0.786. The summed E-state index contributed by atoms with van der Waals surface area (Å²) in [4.78, 5) is 22.4. The first-order valence-electron chi connectivity index (χ1n) is 3.91. The lowest BCUT2D eigenvalue weighted by Crippen LogP contribution is -2.39. The minimum absolute atomic E-state index is 0.0855. The van der Waals surface area contributed by atoms with Crippen LogP contribution in [-0.2, 0) is 4.79 Å². The van der Waals surface area contributed by atoms with Gasteiger partial charge in [-0.25, -0.2) is 4.79 Å². The van der Waals surface area contributed by atoms with Gasteiger partial charge in [-0.3, -0.25) is 4.79 Å². The molecule has 0 heterocycles. The molecule has 6 heteroatoms. The normalized spacial score (nSPS) is 9.38. The Hall–Kier alpha value is -1.30. The van der Waals surface area contributed by atoms with Crippen LogP contribution in [0.3, 0.4) is 0 Å². The van der Waals surface area contributed by atoms with E-state index in [1.165, 1.54) is 4.90 Å². The van der Waals surface area contributed by atoms with Gasteiger partial charge in [-0.05, 0) is 0 Å². The van der Waals surface area contributed by atoms with E-state index in [-0.39, 0.29) is 12.6 Å². The topological polar surface area (TPSA) is 81.7 Å². The predicted molar refractivity (Wildman–Crippen MR) is 47.6 cm³/mol. The van der Waals surface area contributed by atoms with E-state index in [2.05, 4.69) is 10.6 Å². The zero-order valence-corrected chi connectivity index (χ0v) is 7.83. The van der Waals surface area contributed by atoms with Gasteiger partial charge in [-0.1, -0.05) is 0 Å². The first-order chi connectivity index (χ1) is 6.04. The Kier molecular flexibility index (Phi) is 5.62. The number of nitrogens with one attached hydrogen (secondary N) is 2. The van der Waals surface area contributed by atoms with Crippen LogP contribution in [0.25, 0.3) is 0 Å². The van der Waals surface area contributed by atoms with Gasteiger partial charge in [0, 0.05) is 27.2 Å². The Bertz CT molecular complexity index is 182. The molecule has 0 saturated heterocycles. The molecule has 0 radical (unpaired) electrons. The third-order valence-electron chi connectivity index (χ3n) is 1.26. The van der Waals surface area contributed by atoms with E-state index in [0.29, 0.717) is 13.1 Å². The maximum Gasteiger partial charge on any atom is 0.317 e. The third-order valence-corrected chi connectivity index (χ3v) is 1.26. The molecular formula is C7H15N3O3. The lowest BCUT2D eigenvalue weighted by atomic mass is 10.5. The van der Waals surface area contributed by atoms with Gasteiger partial charge in [0.15, 0.2) is 0 Å². The van der Waals surface area contributed by atoms with Crippen molar-refractivity contribution in [2.45, 2.75) is 0 Å². The summed E-state index contributed by atoms with van der Waals surface area (Å²) in [5, 5.41) is 13.5. The number of hydrogen-bond donors (Lipinski definition) is 3. The van der Waals surface area contributed by atoms with Crippen LogP contribution in [-0.4, -0.2) is 55.7 Å². The summed E-state index contributed by atoms with van der Waals surface area (Å²) in [5.41, 5.74) is 0. The molecule has 0 aromatic rings. The van der Waals surface area contributed by atoms with Crippen molar-refractivity contribution < 1.29 is 14.7 Å². The highest BCUT2D eigenvalue weighted by Crippen LogP contribution is 1.74. The Balaban J connectivity index is 3.26. The van der Waals surface area contributed by atoms with Crippen LogP contribution in [0.15, 0.2) is 0 Å². The van der Waals surface area contributed by atoms with Crippen molar-refractivity contribution in [3.8, 4) is 0 Å². The minimum atomic E-state index is -0.904. The summed E-state index contributed by atoms with van der Waals surface area (Å²) in [5.74, 6) is -0.904. The fourth-order valence-electron chi connectivity index (χ4n) is 0.611. The van der Waals surface area contributed by atoms with E-state index in [0.717, 1.165) is 0 Å². The van der Waals surface area contributed by atoms with E-state index in [9.17, 15) is 9.59 Å².